The molecule has 7 heteroatoms. The van der Waals surface area contributed by atoms with Crippen molar-refractivity contribution >= 4 is 10.0 Å². The fraction of sp³-hybridized carbons (Fsp3) is 0.833. The average Bonchev–Trinajstić information content (AvgIpc) is 2.88. The Bertz CT molecular complexity index is 516. The van der Waals surface area contributed by atoms with Gasteiger partial charge in [-0.25, -0.2) is 12.7 Å². The lowest BCUT2D eigenvalue weighted by Gasteiger charge is -2.29. The van der Waals surface area contributed by atoms with Crippen LogP contribution in [0.15, 0.2) is 4.42 Å². The van der Waals surface area contributed by atoms with Gasteiger partial charge < -0.3 is 4.42 Å². The molecule has 0 aromatic carbocycles. The molecule has 1 aliphatic heterocycles. The van der Waals surface area contributed by atoms with Crippen LogP contribution in [-0.4, -0.2) is 41.8 Å². The first-order valence-electron chi connectivity index (χ1n) is 6.75. The van der Waals surface area contributed by atoms with Crippen molar-refractivity contribution in [2.45, 2.75) is 45.4 Å². The van der Waals surface area contributed by atoms with Crippen molar-refractivity contribution in [3.63, 3.8) is 0 Å². The van der Waals surface area contributed by atoms with Gasteiger partial charge in [-0.1, -0.05) is 13.8 Å². The van der Waals surface area contributed by atoms with E-state index in [9.17, 15) is 8.42 Å². The molecule has 0 radical (unpaired) electrons. The highest BCUT2D eigenvalue weighted by Gasteiger charge is 2.30. The molecule has 1 aromatic heterocycles. The van der Waals surface area contributed by atoms with Crippen LogP contribution in [0.2, 0.25) is 0 Å². The SMILES string of the molecule is CCS(=O)(=O)N1CCC(c2nnc(C(C)C)o2)CC1. The highest BCUT2D eigenvalue weighted by Crippen LogP contribution is 2.29. The van der Waals surface area contributed by atoms with Gasteiger partial charge in [-0.15, -0.1) is 10.2 Å². The van der Waals surface area contributed by atoms with Crippen molar-refractivity contribution in [2.24, 2.45) is 0 Å². The molecular formula is C12H21N3O3S. The molecular weight excluding hydrogens is 266 g/mol. The minimum absolute atomic E-state index is 0.162. The minimum Gasteiger partial charge on any atom is -0.425 e. The molecule has 2 rings (SSSR count). The molecule has 2 heterocycles. The Labute approximate surface area is 114 Å². The van der Waals surface area contributed by atoms with Crippen LogP contribution in [0, 0.1) is 0 Å². The summed E-state index contributed by atoms with van der Waals surface area (Å²) in [5.74, 6) is 1.87. The molecule has 0 saturated carbocycles. The van der Waals surface area contributed by atoms with Crippen molar-refractivity contribution in [3.8, 4) is 0 Å². The van der Waals surface area contributed by atoms with Crippen LogP contribution in [-0.2, 0) is 10.0 Å². The number of rotatable bonds is 4. The van der Waals surface area contributed by atoms with E-state index in [0.717, 1.165) is 12.8 Å². The second kappa shape index (κ2) is 5.58. The highest BCUT2D eigenvalue weighted by molar-refractivity contribution is 7.89. The molecule has 0 amide bonds. The van der Waals surface area contributed by atoms with Crippen molar-refractivity contribution in [2.75, 3.05) is 18.8 Å². The van der Waals surface area contributed by atoms with Crippen LogP contribution in [0.1, 0.15) is 57.2 Å². The zero-order chi connectivity index (χ0) is 14.0. The molecule has 1 aliphatic rings. The summed E-state index contributed by atoms with van der Waals surface area (Å²) in [6.45, 7) is 6.77. The lowest BCUT2D eigenvalue weighted by Crippen LogP contribution is -2.38. The quantitative estimate of drug-likeness (QED) is 0.842. The van der Waals surface area contributed by atoms with Gasteiger partial charge in [0.05, 0.1) is 5.75 Å². The van der Waals surface area contributed by atoms with E-state index in [1.807, 2.05) is 13.8 Å². The Balaban J connectivity index is 2.00. The van der Waals surface area contributed by atoms with Gasteiger partial charge in [0.2, 0.25) is 21.8 Å². The van der Waals surface area contributed by atoms with Gasteiger partial charge in [-0.3, -0.25) is 0 Å². The maximum Gasteiger partial charge on any atom is 0.219 e. The van der Waals surface area contributed by atoms with Crippen LogP contribution in [0.25, 0.3) is 0 Å². The third-order valence-electron chi connectivity index (χ3n) is 3.51. The van der Waals surface area contributed by atoms with Crippen molar-refractivity contribution < 1.29 is 12.8 Å². The van der Waals surface area contributed by atoms with Crippen LogP contribution < -0.4 is 0 Å². The Morgan fingerprint density at radius 2 is 1.95 bits per heavy atom. The molecule has 0 unspecified atom stereocenters. The molecule has 1 aromatic rings. The van der Waals surface area contributed by atoms with E-state index in [4.69, 9.17) is 4.42 Å². The van der Waals surface area contributed by atoms with Crippen LogP contribution in [0.4, 0.5) is 0 Å². The Morgan fingerprint density at radius 3 is 2.42 bits per heavy atom. The summed E-state index contributed by atoms with van der Waals surface area (Å²) < 4.78 is 30.7. The van der Waals surface area contributed by atoms with Gasteiger partial charge in [0.25, 0.3) is 0 Å². The van der Waals surface area contributed by atoms with Crippen LogP contribution in [0.5, 0.6) is 0 Å². The van der Waals surface area contributed by atoms with Crippen molar-refractivity contribution in [3.05, 3.63) is 11.8 Å². The summed E-state index contributed by atoms with van der Waals surface area (Å²) in [4.78, 5) is 0. The molecule has 0 atom stereocenters. The lowest BCUT2D eigenvalue weighted by atomic mass is 9.98. The van der Waals surface area contributed by atoms with Gasteiger partial charge in [0.1, 0.15) is 0 Å². The standard InChI is InChI=1S/C12H21N3O3S/c1-4-19(16,17)15-7-5-10(6-8-15)12-14-13-11(18-12)9(2)3/h9-10H,4-8H2,1-3H3. The Kier molecular flexibility index (Phi) is 4.25. The number of hydrogen-bond acceptors (Lipinski definition) is 5. The Hall–Kier alpha value is -0.950. The molecule has 0 aliphatic carbocycles. The number of sulfonamides is 1. The Morgan fingerprint density at radius 1 is 1.32 bits per heavy atom. The van der Waals surface area contributed by atoms with E-state index < -0.39 is 10.0 Å². The number of nitrogens with zero attached hydrogens (tertiary/aromatic N) is 3. The first kappa shape index (κ1) is 14.5. The number of hydrogen-bond donors (Lipinski definition) is 0. The molecule has 0 bridgehead atoms. The normalized spacial score (nSPS) is 19.2. The first-order chi connectivity index (χ1) is 8.94. The third-order valence-corrected chi connectivity index (χ3v) is 5.39. The monoisotopic (exact) mass is 287 g/mol. The fourth-order valence-corrected chi connectivity index (χ4v) is 3.34. The van der Waals surface area contributed by atoms with Crippen molar-refractivity contribution in [1.29, 1.82) is 0 Å². The van der Waals surface area contributed by atoms with E-state index in [2.05, 4.69) is 10.2 Å². The molecule has 6 nitrogen and oxygen atoms in total. The van der Waals surface area contributed by atoms with Gasteiger partial charge in [-0.05, 0) is 19.8 Å². The summed E-state index contributed by atoms with van der Waals surface area (Å²) in [7, 11) is -3.07. The van der Waals surface area contributed by atoms with E-state index in [1.54, 1.807) is 11.2 Å². The molecule has 1 fully saturated rings. The summed E-state index contributed by atoms with van der Waals surface area (Å²) in [6, 6.07) is 0. The zero-order valence-corrected chi connectivity index (χ0v) is 12.5. The van der Waals surface area contributed by atoms with Crippen molar-refractivity contribution in [1.82, 2.24) is 14.5 Å². The molecule has 1 saturated heterocycles. The summed E-state index contributed by atoms with van der Waals surface area (Å²) in [6.07, 6.45) is 1.50. The largest absolute Gasteiger partial charge is 0.425 e. The molecule has 0 spiro atoms. The predicted molar refractivity (Wildman–Crippen MR) is 71.4 cm³/mol. The molecule has 19 heavy (non-hydrogen) atoms. The van der Waals surface area contributed by atoms with Gasteiger partial charge >= 0.3 is 0 Å². The zero-order valence-electron chi connectivity index (χ0n) is 11.7. The fourth-order valence-electron chi connectivity index (χ4n) is 2.21. The summed E-state index contributed by atoms with van der Waals surface area (Å²) >= 11 is 0. The van der Waals surface area contributed by atoms with Gasteiger partial charge in [-0.2, -0.15) is 0 Å². The van der Waals surface area contributed by atoms with Gasteiger partial charge in [0, 0.05) is 24.9 Å². The topological polar surface area (TPSA) is 76.3 Å². The second-order valence-corrected chi connectivity index (χ2v) is 7.46. The second-order valence-electron chi connectivity index (χ2n) is 5.21. The summed E-state index contributed by atoms with van der Waals surface area (Å²) in [5.41, 5.74) is 0. The van der Waals surface area contributed by atoms with E-state index in [-0.39, 0.29) is 17.6 Å². The maximum atomic E-state index is 11.8. The smallest absolute Gasteiger partial charge is 0.219 e. The summed E-state index contributed by atoms with van der Waals surface area (Å²) in [5, 5.41) is 8.11. The van der Waals surface area contributed by atoms with Crippen LogP contribution >= 0.6 is 0 Å². The molecule has 108 valence electrons. The minimum atomic E-state index is -3.07. The number of piperidine rings is 1. The maximum absolute atomic E-state index is 11.8. The third kappa shape index (κ3) is 3.14. The number of aromatic nitrogens is 2. The first-order valence-corrected chi connectivity index (χ1v) is 8.36. The van der Waals surface area contributed by atoms with E-state index in [1.165, 1.54) is 0 Å². The van der Waals surface area contributed by atoms with E-state index >= 15 is 0 Å². The molecule has 0 N–H and O–H groups in total. The van der Waals surface area contributed by atoms with Gasteiger partial charge in [0.15, 0.2) is 0 Å². The lowest BCUT2D eigenvalue weighted by molar-refractivity contribution is 0.285. The highest BCUT2D eigenvalue weighted by atomic mass is 32.2. The predicted octanol–water partition coefficient (Wildman–Crippen LogP) is 1.72. The average molecular weight is 287 g/mol. The van der Waals surface area contributed by atoms with E-state index in [0.29, 0.717) is 24.9 Å². The van der Waals surface area contributed by atoms with Crippen LogP contribution in [0.3, 0.4) is 0 Å².